The molecule has 3 aliphatic carbocycles. The average Bonchev–Trinajstić information content (AvgIpc) is 3.92. The molecular formula is C34H39N5O2S. The van der Waals surface area contributed by atoms with Crippen molar-refractivity contribution in [2.24, 2.45) is 5.92 Å². The number of anilines is 1. The third-order valence-corrected chi connectivity index (χ3v) is 10.8. The van der Waals surface area contributed by atoms with Gasteiger partial charge >= 0.3 is 0 Å². The van der Waals surface area contributed by atoms with E-state index >= 15 is 0 Å². The molecule has 7 nitrogen and oxygen atoms in total. The molecule has 5 aliphatic rings. The normalized spacial score (nSPS) is 26.1. The van der Waals surface area contributed by atoms with Crippen LogP contribution in [0.25, 0.3) is 22.2 Å². The molecule has 3 aromatic rings. The zero-order valence-corrected chi connectivity index (χ0v) is 25.4. The Morgan fingerprint density at radius 1 is 1.05 bits per heavy atom. The molecule has 2 unspecified atom stereocenters. The summed E-state index contributed by atoms with van der Waals surface area (Å²) >= 11 is 1.92. The standard InChI is InChI=1S/C34H39N5O2S/c1-22-18-24(6-9-27(22)32(40)39-14-16-42-17-15-39)28-4-3-5-29-31(28)41-33(35-29)36-34-20-23(2)30(19-25(34)21-34)38-12-10-37(11-13-38)26-7-8-26/h3-6,9,18-20,25-26H,7-8,10-17,21H2,1-2H3,(H,35,36). The number of oxazole rings is 1. The van der Waals surface area contributed by atoms with Crippen LogP contribution in [0.1, 0.15) is 42.1 Å². The largest absolute Gasteiger partial charge is 0.423 e. The summed E-state index contributed by atoms with van der Waals surface area (Å²) in [6.45, 7) is 10.5. The quantitative estimate of drug-likeness (QED) is 0.396. The van der Waals surface area contributed by atoms with E-state index in [9.17, 15) is 4.79 Å². The molecule has 42 heavy (non-hydrogen) atoms. The number of hydrogen-bond donors (Lipinski definition) is 1. The van der Waals surface area contributed by atoms with Crippen LogP contribution in [0.3, 0.4) is 0 Å². The van der Waals surface area contributed by atoms with Crippen molar-refractivity contribution in [3.05, 3.63) is 70.9 Å². The Morgan fingerprint density at radius 3 is 2.62 bits per heavy atom. The second-order valence-corrected chi connectivity index (χ2v) is 13.9. The monoisotopic (exact) mass is 581 g/mol. The first kappa shape index (κ1) is 26.4. The number of aryl methyl sites for hydroxylation is 1. The fourth-order valence-corrected chi connectivity index (χ4v) is 8.10. The van der Waals surface area contributed by atoms with Crippen LogP contribution in [0.2, 0.25) is 0 Å². The van der Waals surface area contributed by atoms with Crippen LogP contribution in [0.5, 0.6) is 0 Å². The van der Waals surface area contributed by atoms with Crippen LogP contribution >= 0.6 is 11.8 Å². The van der Waals surface area contributed by atoms with Crippen molar-refractivity contribution < 1.29 is 9.21 Å². The minimum absolute atomic E-state index is 0.115. The Balaban J connectivity index is 0.997. The zero-order chi connectivity index (χ0) is 28.4. The van der Waals surface area contributed by atoms with Gasteiger partial charge in [0.1, 0.15) is 5.52 Å². The Hall–Kier alpha value is -3.23. The van der Waals surface area contributed by atoms with Crippen LogP contribution in [-0.4, -0.2) is 87.9 Å². The second-order valence-electron chi connectivity index (χ2n) is 12.7. The van der Waals surface area contributed by atoms with Crippen molar-refractivity contribution >= 4 is 34.8 Å². The van der Waals surface area contributed by atoms with Crippen LogP contribution in [0.4, 0.5) is 6.01 Å². The van der Waals surface area contributed by atoms with Gasteiger partial charge in [0.2, 0.25) is 0 Å². The van der Waals surface area contributed by atoms with E-state index in [1.165, 1.54) is 37.2 Å². The van der Waals surface area contributed by atoms with E-state index in [-0.39, 0.29) is 11.4 Å². The minimum atomic E-state index is -0.115. The Kier molecular flexibility index (Phi) is 6.41. The maximum Gasteiger partial charge on any atom is 0.296 e. The molecule has 3 heterocycles. The van der Waals surface area contributed by atoms with E-state index in [2.05, 4.69) is 46.3 Å². The number of piperazine rings is 1. The molecule has 1 N–H and O–H groups in total. The Labute approximate surface area is 252 Å². The molecule has 218 valence electrons. The van der Waals surface area contributed by atoms with Gasteiger partial charge in [0.15, 0.2) is 5.58 Å². The molecule has 4 fully saturated rings. The third kappa shape index (κ3) is 4.73. The van der Waals surface area contributed by atoms with E-state index in [4.69, 9.17) is 9.40 Å². The number of hydrogen-bond acceptors (Lipinski definition) is 7. The van der Waals surface area contributed by atoms with E-state index < -0.39 is 0 Å². The highest BCUT2D eigenvalue weighted by atomic mass is 32.2. The number of nitrogens with one attached hydrogen (secondary N) is 1. The van der Waals surface area contributed by atoms with Crippen LogP contribution in [0.15, 0.2) is 64.2 Å². The first-order valence-electron chi connectivity index (χ1n) is 15.5. The number of allylic oxidation sites excluding steroid dienone is 1. The SMILES string of the molecule is CC1=CC2(Nc3nc4cccc(-c5ccc(C(=O)N6CCSCC6)c(C)c5)c4o3)CC2C=C1N1CCN(C2CC2)CC1. The molecule has 0 spiro atoms. The first-order valence-corrected chi connectivity index (χ1v) is 16.7. The number of para-hydroxylation sites is 1. The average molecular weight is 582 g/mol. The predicted octanol–water partition coefficient (Wildman–Crippen LogP) is 5.79. The Morgan fingerprint density at radius 2 is 1.86 bits per heavy atom. The molecular weight excluding hydrogens is 542 g/mol. The lowest BCUT2D eigenvalue weighted by Crippen LogP contribution is -2.47. The molecule has 2 aromatic carbocycles. The highest BCUT2D eigenvalue weighted by Gasteiger charge is 2.54. The summed E-state index contributed by atoms with van der Waals surface area (Å²) in [6, 6.07) is 13.7. The first-order chi connectivity index (χ1) is 20.5. The fraction of sp³-hybridized carbons (Fsp3) is 0.471. The summed E-state index contributed by atoms with van der Waals surface area (Å²) in [5.41, 5.74) is 8.08. The number of thioether (sulfide) groups is 1. The molecule has 0 radical (unpaired) electrons. The number of fused-ring (bicyclic) bond motifs is 2. The number of amides is 1. The van der Waals surface area contributed by atoms with Crippen molar-refractivity contribution in [2.45, 2.75) is 44.7 Å². The molecule has 2 atom stereocenters. The van der Waals surface area contributed by atoms with Gasteiger partial charge in [-0.15, -0.1) is 0 Å². The van der Waals surface area contributed by atoms with Gasteiger partial charge < -0.3 is 19.5 Å². The van der Waals surface area contributed by atoms with Gasteiger partial charge in [0, 0.05) is 79.6 Å². The second kappa shape index (κ2) is 10.2. The summed E-state index contributed by atoms with van der Waals surface area (Å²) < 4.78 is 6.41. The van der Waals surface area contributed by atoms with Gasteiger partial charge in [-0.2, -0.15) is 16.7 Å². The summed E-state index contributed by atoms with van der Waals surface area (Å²) in [6.07, 6.45) is 8.74. The lowest BCUT2D eigenvalue weighted by molar-refractivity contribution is 0.0771. The third-order valence-electron chi connectivity index (χ3n) is 9.84. The maximum absolute atomic E-state index is 13.1. The van der Waals surface area contributed by atoms with E-state index in [0.29, 0.717) is 11.9 Å². The van der Waals surface area contributed by atoms with Crippen LogP contribution in [0, 0.1) is 12.8 Å². The minimum Gasteiger partial charge on any atom is -0.423 e. The highest BCUT2D eigenvalue weighted by Crippen LogP contribution is 2.53. The lowest BCUT2D eigenvalue weighted by Gasteiger charge is -2.39. The van der Waals surface area contributed by atoms with Gasteiger partial charge in [-0.05, 0) is 61.9 Å². The molecule has 2 saturated carbocycles. The highest BCUT2D eigenvalue weighted by molar-refractivity contribution is 7.99. The molecule has 0 bridgehead atoms. The number of carbonyl (C=O) groups is 1. The molecule has 1 aromatic heterocycles. The summed E-state index contributed by atoms with van der Waals surface area (Å²) in [4.78, 5) is 25.2. The van der Waals surface area contributed by atoms with Crippen molar-refractivity contribution in [3.63, 3.8) is 0 Å². The molecule has 2 aliphatic heterocycles. The van der Waals surface area contributed by atoms with Gasteiger partial charge in [-0.3, -0.25) is 9.69 Å². The van der Waals surface area contributed by atoms with Crippen LogP contribution in [-0.2, 0) is 0 Å². The van der Waals surface area contributed by atoms with Gasteiger partial charge in [-0.1, -0.05) is 36.4 Å². The van der Waals surface area contributed by atoms with Gasteiger partial charge in [0.05, 0.1) is 5.54 Å². The van der Waals surface area contributed by atoms with Crippen molar-refractivity contribution in [1.29, 1.82) is 0 Å². The zero-order valence-electron chi connectivity index (χ0n) is 24.6. The van der Waals surface area contributed by atoms with E-state index in [0.717, 1.165) is 83.5 Å². The van der Waals surface area contributed by atoms with Crippen molar-refractivity contribution in [2.75, 3.05) is 56.1 Å². The molecule has 1 amide bonds. The van der Waals surface area contributed by atoms with Crippen LogP contribution < -0.4 is 5.32 Å². The number of benzene rings is 2. The molecule has 2 saturated heterocycles. The van der Waals surface area contributed by atoms with E-state index in [1.807, 2.05) is 47.9 Å². The van der Waals surface area contributed by atoms with Gasteiger partial charge in [-0.25, -0.2) is 0 Å². The smallest absolute Gasteiger partial charge is 0.296 e. The number of aromatic nitrogens is 1. The summed E-state index contributed by atoms with van der Waals surface area (Å²) in [5, 5.41) is 3.68. The fourth-order valence-electron chi connectivity index (χ4n) is 7.20. The maximum atomic E-state index is 13.1. The lowest BCUT2D eigenvalue weighted by atomic mass is 9.98. The number of rotatable bonds is 6. The molecule has 8 rings (SSSR count). The molecule has 8 heteroatoms. The Bertz CT molecular complexity index is 1610. The summed E-state index contributed by atoms with van der Waals surface area (Å²) in [5.74, 6) is 2.62. The summed E-state index contributed by atoms with van der Waals surface area (Å²) in [7, 11) is 0. The predicted molar refractivity (Wildman–Crippen MR) is 170 cm³/mol. The number of nitrogens with zero attached hydrogens (tertiary/aromatic N) is 4. The van der Waals surface area contributed by atoms with Crippen molar-refractivity contribution in [1.82, 2.24) is 19.7 Å². The van der Waals surface area contributed by atoms with Crippen molar-refractivity contribution in [3.8, 4) is 11.1 Å². The number of carbonyl (C=O) groups excluding carboxylic acids is 1. The van der Waals surface area contributed by atoms with Gasteiger partial charge in [0.25, 0.3) is 11.9 Å². The topological polar surface area (TPSA) is 64.9 Å². The van der Waals surface area contributed by atoms with E-state index in [1.54, 1.807) is 0 Å².